The highest BCUT2D eigenvalue weighted by atomic mass is 16.5. The van der Waals surface area contributed by atoms with Crippen LogP contribution in [0.3, 0.4) is 0 Å². The third-order valence-corrected chi connectivity index (χ3v) is 7.00. The van der Waals surface area contributed by atoms with Gasteiger partial charge in [0.2, 0.25) is 11.5 Å². The molecule has 0 bridgehead atoms. The van der Waals surface area contributed by atoms with Crippen molar-refractivity contribution in [2.24, 2.45) is 0 Å². The highest BCUT2D eigenvalue weighted by molar-refractivity contribution is 6.16. The lowest BCUT2D eigenvalue weighted by molar-refractivity contribution is -0.129. The SMILES string of the molecule is CCN(CC)CCN1C(=O)C(O)=C(C(=O)c2cc3cc(C)ccc3o2)C1c1cc(OC)c(OC)c(OC)c1. The van der Waals surface area contributed by atoms with Crippen molar-refractivity contribution >= 4 is 22.7 Å². The van der Waals surface area contributed by atoms with E-state index in [2.05, 4.69) is 4.90 Å². The van der Waals surface area contributed by atoms with E-state index in [9.17, 15) is 14.7 Å². The van der Waals surface area contributed by atoms with Crippen LogP contribution in [0.4, 0.5) is 0 Å². The first-order chi connectivity index (χ1) is 18.3. The minimum atomic E-state index is -0.894. The van der Waals surface area contributed by atoms with E-state index < -0.39 is 23.5 Å². The second-order valence-corrected chi connectivity index (χ2v) is 9.13. The number of nitrogens with zero attached hydrogens (tertiary/aromatic N) is 2. The Bertz CT molecular complexity index is 1360. The third kappa shape index (κ3) is 4.81. The van der Waals surface area contributed by atoms with E-state index in [-0.39, 0.29) is 11.3 Å². The molecule has 1 atom stereocenters. The number of carbonyl (C=O) groups is 2. The second kappa shape index (κ2) is 11.2. The Morgan fingerprint density at radius 2 is 1.68 bits per heavy atom. The number of ketones is 1. The van der Waals surface area contributed by atoms with Crippen LogP contribution in [0.5, 0.6) is 17.2 Å². The van der Waals surface area contributed by atoms with Crippen LogP contribution in [0.25, 0.3) is 11.0 Å². The monoisotopic (exact) mass is 522 g/mol. The van der Waals surface area contributed by atoms with Crippen molar-refractivity contribution in [3.8, 4) is 17.2 Å². The van der Waals surface area contributed by atoms with Crippen LogP contribution >= 0.6 is 0 Å². The molecule has 1 aliphatic rings. The topological polar surface area (TPSA) is 102 Å². The molecule has 0 saturated heterocycles. The van der Waals surface area contributed by atoms with Gasteiger partial charge in [-0.3, -0.25) is 9.59 Å². The molecule has 1 amide bonds. The first-order valence-electron chi connectivity index (χ1n) is 12.6. The van der Waals surface area contributed by atoms with E-state index in [0.717, 1.165) is 24.0 Å². The Balaban J connectivity index is 1.85. The number of aliphatic hydroxyl groups is 1. The van der Waals surface area contributed by atoms with E-state index in [1.54, 1.807) is 24.3 Å². The van der Waals surface area contributed by atoms with Crippen LogP contribution in [0, 0.1) is 6.92 Å². The lowest BCUT2D eigenvalue weighted by Crippen LogP contribution is -2.38. The molecule has 0 fully saturated rings. The number of ether oxygens (including phenoxy) is 3. The van der Waals surface area contributed by atoms with Crippen LogP contribution in [0.1, 0.15) is 41.6 Å². The summed E-state index contributed by atoms with van der Waals surface area (Å²) in [6.45, 7) is 8.50. The molecule has 1 unspecified atom stereocenters. The fourth-order valence-electron chi connectivity index (χ4n) is 4.92. The van der Waals surface area contributed by atoms with E-state index in [1.165, 1.54) is 26.2 Å². The molecule has 1 aliphatic heterocycles. The van der Waals surface area contributed by atoms with Crippen molar-refractivity contribution in [1.82, 2.24) is 9.80 Å². The van der Waals surface area contributed by atoms with Crippen LogP contribution in [0.15, 0.2) is 52.1 Å². The van der Waals surface area contributed by atoms with Crippen molar-refractivity contribution in [2.45, 2.75) is 26.8 Å². The average molecular weight is 523 g/mol. The molecule has 4 rings (SSSR count). The Hall–Kier alpha value is -3.98. The molecule has 3 aromatic rings. The summed E-state index contributed by atoms with van der Waals surface area (Å²) in [4.78, 5) is 31.0. The van der Waals surface area contributed by atoms with Gasteiger partial charge in [-0.15, -0.1) is 0 Å². The molecule has 9 nitrogen and oxygen atoms in total. The second-order valence-electron chi connectivity index (χ2n) is 9.13. The summed E-state index contributed by atoms with van der Waals surface area (Å²) in [5.74, 6) is -0.606. The van der Waals surface area contributed by atoms with Gasteiger partial charge in [-0.2, -0.15) is 0 Å². The van der Waals surface area contributed by atoms with Crippen molar-refractivity contribution in [2.75, 3.05) is 47.5 Å². The third-order valence-electron chi connectivity index (χ3n) is 7.00. The van der Waals surface area contributed by atoms with Crippen LogP contribution in [-0.2, 0) is 4.79 Å². The molecular weight excluding hydrogens is 488 g/mol. The largest absolute Gasteiger partial charge is 0.503 e. The number of aryl methyl sites for hydroxylation is 1. The fourth-order valence-corrected chi connectivity index (χ4v) is 4.92. The minimum absolute atomic E-state index is 0.0444. The molecule has 9 heteroatoms. The number of carbonyl (C=O) groups excluding carboxylic acids is 2. The number of rotatable bonds is 11. The maximum absolute atomic E-state index is 13.9. The summed E-state index contributed by atoms with van der Waals surface area (Å²) in [6, 6.07) is 9.73. The van der Waals surface area contributed by atoms with Gasteiger partial charge in [-0.1, -0.05) is 25.5 Å². The number of Topliss-reactive ketones (excluding diaryl/α,β-unsaturated/α-hetero) is 1. The Labute approximate surface area is 222 Å². The predicted octanol–water partition coefficient (Wildman–Crippen LogP) is 4.69. The summed E-state index contributed by atoms with van der Waals surface area (Å²) in [6.07, 6.45) is 0. The van der Waals surface area contributed by atoms with Crippen molar-refractivity contribution in [3.05, 3.63) is 64.6 Å². The summed E-state index contributed by atoms with van der Waals surface area (Å²) in [5.41, 5.74) is 2.05. The highest BCUT2D eigenvalue weighted by Crippen LogP contribution is 2.45. The van der Waals surface area contributed by atoms with Crippen LogP contribution in [-0.4, -0.2) is 74.1 Å². The fraction of sp³-hybridized carbons (Fsp3) is 0.379. The number of methoxy groups -OCH3 is 3. The van der Waals surface area contributed by atoms with Gasteiger partial charge in [0.1, 0.15) is 5.58 Å². The summed E-state index contributed by atoms with van der Waals surface area (Å²) in [5, 5.41) is 11.8. The van der Waals surface area contributed by atoms with Crippen molar-refractivity contribution in [3.63, 3.8) is 0 Å². The van der Waals surface area contributed by atoms with E-state index in [1.807, 2.05) is 32.9 Å². The number of aliphatic hydroxyl groups excluding tert-OH is 1. The average Bonchev–Trinajstić information content (AvgIpc) is 3.46. The summed E-state index contributed by atoms with van der Waals surface area (Å²) in [7, 11) is 4.49. The van der Waals surface area contributed by atoms with Gasteiger partial charge in [0.15, 0.2) is 23.0 Å². The number of hydrogen-bond acceptors (Lipinski definition) is 8. The van der Waals surface area contributed by atoms with Gasteiger partial charge in [0, 0.05) is 18.5 Å². The Morgan fingerprint density at radius 3 is 2.26 bits per heavy atom. The number of benzene rings is 2. The Morgan fingerprint density at radius 1 is 1.03 bits per heavy atom. The number of hydrogen-bond donors (Lipinski definition) is 1. The predicted molar refractivity (Wildman–Crippen MR) is 143 cm³/mol. The molecule has 1 aromatic heterocycles. The van der Waals surface area contributed by atoms with Crippen LogP contribution < -0.4 is 14.2 Å². The van der Waals surface area contributed by atoms with Crippen molar-refractivity contribution < 1.29 is 33.3 Å². The molecule has 2 heterocycles. The van der Waals surface area contributed by atoms with Gasteiger partial charge < -0.3 is 33.5 Å². The quantitative estimate of drug-likeness (QED) is 0.362. The maximum Gasteiger partial charge on any atom is 0.290 e. The number of fused-ring (bicyclic) bond motifs is 1. The number of amides is 1. The zero-order valence-electron chi connectivity index (χ0n) is 22.7. The standard InChI is InChI=1S/C29H34N2O7/c1-7-30(8-2)11-12-31-25(19-15-22(35-4)28(37-6)23(16-19)36-5)24(27(33)29(31)34)26(32)21-14-18-13-17(3)9-10-20(18)38-21/h9-10,13-16,25,33H,7-8,11-12H2,1-6H3. The maximum atomic E-state index is 13.9. The molecule has 0 saturated carbocycles. The molecule has 0 radical (unpaired) electrons. The van der Waals surface area contributed by atoms with Gasteiger partial charge in [0.05, 0.1) is 32.9 Å². The first kappa shape index (κ1) is 27.1. The molecule has 0 spiro atoms. The zero-order valence-corrected chi connectivity index (χ0v) is 22.7. The van der Waals surface area contributed by atoms with Crippen molar-refractivity contribution in [1.29, 1.82) is 0 Å². The lowest BCUT2D eigenvalue weighted by atomic mass is 9.94. The minimum Gasteiger partial charge on any atom is -0.503 e. The molecule has 2 aromatic carbocycles. The lowest BCUT2D eigenvalue weighted by Gasteiger charge is -2.30. The molecule has 202 valence electrons. The zero-order chi connectivity index (χ0) is 27.6. The van der Waals surface area contributed by atoms with Gasteiger partial charge in [0.25, 0.3) is 5.91 Å². The normalized spacial score (nSPS) is 15.6. The smallest absolute Gasteiger partial charge is 0.290 e. The van der Waals surface area contributed by atoms with E-state index in [0.29, 0.717) is 41.5 Å². The van der Waals surface area contributed by atoms with Gasteiger partial charge >= 0.3 is 0 Å². The Kier molecular flexibility index (Phi) is 7.97. The molecule has 38 heavy (non-hydrogen) atoms. The van der Waals surface area contributed by atoms with Gasteiger partial charge in [-0.05, 0) is 55.9 Å². The molecule has 0 aliphatic carbocycles. The van der Waals surface area contributed by atoms with Gasteiger partial charge in [-0.25, -0.2) is 0 Å². The van der Waals surface area contributed by atoms with E-state index >= 15 is 0 Å². The number of furan rings is 1. The summed E-state index contributed by atoms with van der Waals surface area (Å²) >= 11 is 0. The molecular formula is C29H34N2O7. The highest BCUT2D eigenvalue weighted by Gasteiger charge is 2.45. The summed E-state index contributed by atoms with van der Waals surface area (Å²) < 4.78 is 22.4. The first-order valence-corrected chi connectivity index (χ1v) is 12.6. The number of likely N-dealkylation sites (N-methyl/N-ethyl adjacent to an activating group) is 1. The van der Waals surface area contributed by atoms with Crippen LogP contribution in [0.2, 0.25) is 0 Å². The molecule has 1 N–H and O–H groups in total. The van der Waals surface area contributed by atoms with E-state index in [4.69, 9.17) is 18.6 Å².